The number of hydrogen-bond donors (Lipinski definition) is 2. The highest BCUT2D eigenvalue weighted by atomic mass is 16.5. The van der Waals surface area contributed by atoms with Gasteiger partial charge in [-0.3, -0.25) is 4.79 Å². The second kappa shape index (κ2) is 8.67. The Morgan fingerprint density at radius 1 is 1.19 bits per heavy atom. The van der Waals surface area contributed by atoms with Gasteiger partial charge >= 0.3 is 0 Å². The van der Waals surface area contributed by atoms with Crippen LogP contribution in [0.3, 0.4) is 0 Å². The molecule has 0 aromatic heterocycles. The van der Waals surface area contributed by atoms with Crippen molar-refractivity contribution in [3.63, 3.8) is 0 Å². The minimum absolute atomic E-state index is 0.00358. The molecule has 0 aliphatic rings. The Morgan fingerprint density at radius 3 is 2.43 bits per heavy atom. The number of para-hydroxylation sites is 1. The quantitative estimate of drug-likeness (QED) is 0.774. The summed E-state index contributed by atoms with van der Waals surface area (Å²) in [4.78, 5) is 11.7. The predicted molar refractivity (Wildman–Crippen MR) is 86.2 cm³/mol. The van der Waals surface area contributed by atoms with Crippen molar-refractivity contribution in [2.24, 2.45) is 17.6 Å². The fraction of sp³-hybridized carbons (Fsp3) is 0.588. The summed E-state index contributed by atoms with van der Waals surface area (Å²) in [5, 5.41) is 3.00. The standard InChI is InChI=1S/C17H28N2O2/c1-12(2)9-15(19-17(20)10-18)14-7-5-6-8-16(14)21-11-13(3)4/h5-8,12-13,15H,9-11,18H2,1-4H3,(H,19,20). The topological polar surface area (TPSA) is 64.3 Å². The van der Waals surface area contributed by atoms with Gasteiger partial charge < -0.3 is 15.8 Å². The molecule has 0 heterocycles. The molecule has 1 aromatic carbocycles. The number of benzene rings is 1. The first kappa shape index (κ1) is 17.5. The zero-order chi connectivity index (χ0) is 15.8. The molecule has 1 unspecified atom stereocenters. The largest absolute Gasteiger partial charge is 0.493 e. The normalized spacial score (nSPS) is 12.5. The number of nitrogens with one attached hydrogen (secondary N) is 1. The van der Waals surface area contributed by atoms with E-state index < -0.39 is 0 Å². The van der Waals surface area contributed by atoms with Crippen LogP contribution in [-0.4, -0.2) is 19.1 Å². The summed E-state index contributed by atoms with van der Waals surface area (Å²) in [5.74, 6) is 1.62. The van der Waals surface area contributed by atoms with Gasteiger partial charge in [-0.2, -0.15) is 0 Å². The molecule has 0 radical (unpaired) electrons. The highest BCUT2D eigenvalue weighted by molar-refractivity contribution is 5.78. The van der Waals surface area contributed by atoms with Gasteiger partial charge in [0, 0.05) is 5.56 Å². The zero-order valence-electron chi connectivity index (χ0n) is 13.6. The lowest BCUT2D eigenvalue weighted by atomic mass is 9.96. The Bertz CT molecular complexity index is 444. The van der Waals surface area contributed by atoms with E-state index >= 15 is 0 Å². The molecular weight excluding hydrogens is 264 g/mol. The summed E-state index contributed by atoms with van der Waals surface area (Å²) < 4.78 is 5.89. The first-order valence-corrected chi connectivity index (χ1v) is 7.65. The molecule has 4 heteroatoms. The molecule has 1 rings (SSSR count). The number of rotatable bonds is 8. The van der Waals surface area contributed by atoms with Crippen LogP contribution in [0.25, 0.3) is 0 Å². The van der Waals surface area contributed by atoms with Gasteiger partial charge in [-0.15, -0.1) is 0 Å². The fourth-order valence-corrected chi connectivity index (χ4v) is 2.14. The van der Waals surface area contributed by atoms with Crippen LogP contribution in [-0.2, 0) is 4.79 Å². The van der Waals surface area contributed by atoms with Gasteiger partial charge in [0.2, 0.25) is 5.91 Å². The maximum atomic E-state index is 11.7. The number of amides is 1. The van der Waals surface area contributed by atoms with Crippen molar-refractivity contribution in [2.45, 2.75) is 40.2 Å². The van der Waals surface area contributed by atoms with Crippen LogP contribution >= 0.6 is 0 Å². The Kier molecular flexibility index (Phi) is 7.23. The molecule has 0 bridgehead atoms. The van der Waals surface area contributed by atoms with Crippen LogP contribution < -0.4 is 15.8 Å². The molecule has 0 aliphatic heterocycles. The summed E-state index contributed by atoms with van der Waals surface area (Å²) in [5.41, 5.74) is 6.44. The molecule has 0 aliphatic carbocycles. The molecule has 0 spiro atoms. The Hall–Kier alpha value is -1.55. The van der Waals surface area contributed by atoms with Gasteiger partial charge in [-0.25, -0.2) is 0 Å². The second-order valence-electron chi connectivity index (χ2n) is 6.20. The Labute approximate surface area is 128 Å². The third-order valence-corrected chi connectivity index (χ3v) is 3.09. The van der Waals surface area contributed by atoms with Crippen LogP contribution in [0.4, 0.5) is 0 Å². The lowest BCUT2D eigenvalue weighted by molar-refractivity contribution is -0.120. The van der Waals surface area contributed by atoms with Gasteiger partial charge in [0.05, 0.1) is 19.2 Å². The molecule has 21 heavy (non-hydrogen) atoms. The molecular formula is C17H28N2O2. The van der Waals surface area contributed by atoms with Gasteiger partial charge in [-0.05, 0) is 24.3 Å². The van der Waals surface area contributed by atoms with E-state index in [9.17, 15) is 4.79 Å². The first-order chi connectivity index (χ1) is 9.93. The maximum Gasteiger partial charge on any atom is 0.234 e. The van der Waals surface area contributed by atoms with Crippen molar-refractivity contribution in [2.75, 3.05) is 13.2 Å². The minimum atomic E-state index is -0.140. The predicted octanol–water partition coefficient (Wildman–Crippen LogP) is 2.88. The van der Waals surface area contributed by atoms with Gasteiger partial charge in [0.25, 0.3) is 0 Å². The van der Waals surface area contributed by atoms with E-state index in [-0.39, 0.29) is 18.5 Å². The van der Waals surface area contributed by atoms with Gasteiger partial charge in [0.1, 0.15) is 5.75 Å². The van der Waals surface area contributed by atoms with E-state index in [0.29, 0.717) is 18.4 Å². The van der Waals surface area contributed by atoms with E-state index in [1.54, 1.807) is 0 Å². The van der Waals surface area contributed by atoms with Crippen molar-refractivity contribution in [3.05, 3.63) is 29.8 Å². The van der Waals surface area contributed by atoms with Crippen LogP contribution in [0.15, 0.2) is 24.3 Å². The lowest BCUT2D eigenvalue weighted by Gasteiger charge is -2.23. The zero-order valence-corrected chi connectivity index (χ0v) is 13.6. The summed E-state index contributed by atoms with van der Waals surface area (Å²) in [6.45, 7) is 9.17. The van der Waals surface area contributed by atoms with E-state index in [0.717, 1.165) is 17.7 Å². The van der Waals surface area contributed by atoms with Crippen LogP contribution in [0.1, 0.15) is 45.7 Å². The number of carbonyl (C=O) groups is 1. The average molecular weight is 292 g/mol. The van der Waals surface area contributed by atoms with Crippen molar-refractivity contribution in [1.29, 1.82) is 0 Å². The molecule has 1 aromatic rings. The van der Waals surface area contributed by atoms with Gasteiger partial charge in [0.15, 0.2) is 0 Å². The average Bonchev–Trinajstić information content (AvgIpc) is 2.44. The summed E-state index contributed by atoms with van der Waals surface area (Å²) in [7, 11) is 0. The highest BCUT2D eigenvalue weighted by Crippen LogP contribution is 2.29. The summed E-state index contributed by atoms with van der Waals surface area (Å²) in [6, 6.07) is 7.83. The van der Waals surface area contributed by atoms with Crippen molar-refractivity contribution < 1.29 is 9.53 Å². The summed E-state index contributed by atoms with van der Waals surface area (Å²) >= 11 is 0. The maximum absolute atomic E-state index is 11.7. The van der Waals surface area contributed by atoms with Crippen LogP contribution in [0.5, 0.6) is 5.75 Å². The van der Waals surface area contributed by atoms with Crippen molar-refractivity contribution >= 4 is 5.91 Å². The first-order valence-electron chi connectivity index (χ1n) is 7.65. The fourth-order valence-electron chi connectivity index (χ4n) is 2.14. The molecule has 1 amide bonds. The SMILES string of the molecule is CC(C)COc1ccccc1C(CC(C)C)NC(=O)CN. The number of nitrogens with two attached hydrogens (primary N) is 1. The van der Waals surface area contributed by atoms with Gasteiger partial charge in [-0.1, -0.05) is 45.9 Å². The van der Waals surface area contributed by atoms with E-state index in [2.05, 4.69) is 33.0 Å². The number of carbonyl (C=O) groups excluding carboxylic acids is 1. The monoisotopic (exact) mass is 292 g/mol. The van der Waals surface area contributed by atoms with Crippen LogP contribution in [0.2, 0.25) is 0 Å². The Morgan fingerprint density at radius 2 is 1.86 bits per heavy atom. The second-order valence-corrected chi connectivity index (χ2v) is 6.20. The third-order valence-electron chi connectivity index (χ3n) is 3.09. The molecule has 4 nitrogen and oxygen atoms in total. The molecule has 1 atom stereocenters. The summed E-state index contributed by atoms with van der Waals surface area (Å²) in [6.07, 6.45) is 0.855. The van der Waals surface area contributed by atoms with Crippen molar-refractivity contribution in [3.8, 4) is 5.75 Å². The molecule has 0 saturated heterocycles. The van der Waals surface area contributed by atoms with Crippen LogP contribution in [0, 0.1) is 11.8 Å². The third kappa shape index (κ3) is 6.17. The van der Waals surface area contributed by atoms with E-state index in [4.69, 9.17) is 10.5 Å². The molecule has 0 saturated carbocycles. The lowest BCUT2D eigenvalue weighted by Crippen LogP contribution is -2.34. The highest BCUT2D eigenvalue weighted by Gasteiger charge is 2.19. The number of ether oxygens (including phenoxy) is 1. The molecule has 0 fully saturated rings. The van der Waals surface area contributed by atoms with E-state index in [1.807, 2.05) is 24.3 Å². The minimum Gasteiger partial charge on any atom is -0.493 e. The number of hydrogen-bond acceptors (Lipinski definition) is 3. The molecule has 3 N–H and O–H groups in total. The Balaban J connectivity index is 2.96. The van der Waals surface area contributed by atoms with Crippen molar-refractivity contribution in [1.82, 2.24) is 5.32 Å². The van der Waals surface area contributed by atoms with E-state index in [1.165, 1.54) is 0 Å². The molecule has 118 valence electrons. The smallest absolute Gasteiger partial charge is 0.234 e.